The molecular weight excluding hydrogens is 569 g/mol. The van der Waals surface area contributed by atoms with E-state index in [1.165, 1.54) is 19.3 Å². The van der Waals surface area contributed by atoms with E-state index in [9.17, 15) is 9.59 Å². The Morgan fingerprint density at radius 1 is 0.929 bits per heavy atom. The number of halogens is 2. The van der Waals surface area contributed by atoms with E-state index >= 15 is 0 Å². The highest BCUT2D eigenvalue weighted by Gasteiger charge is 2.48. The number of nitrogens with zero attached hydrogens (tertiary/aromatic N) is 3. The van der Waals surface area contributed by atoms with E-state index in [1.54, 1.807) is 0 Å². The molecule has 3 atom stereocenters. The Balaban J connectivity index is 0.00000405. The molecule has 2 N–H and O–H groups in total. The monoisotopic (exact) mass is 621 g/mol. The molecule has 3 heterocycles. The number of piperidine rings is 2. The number of rotatable bonds is 10. The van der Waals surface area contributed by atoms with Crippen molar-refractivity contribution in [1.82, 2.24) is 25.3 Å². The smallest absolute Gasteiger partial charge is 0.320 e. The van der Waals surface area contributed by atoms with E-state index in [4.69, 9.17) is 11.6 Å². The highest BCUT2D eigenvalue weighted by molar-refractivity contribution is 6.30. The predicted molar refractivity (Wildman–Crippen MR) is 173 cm³/mol. The van der Waals surface area contributed by atoms with Crippen molar-refractivity contribution in [3.63, 3.8) is 0 Å². The van der Waals surface area contributed by atoms with Crippen molar-refractivity contribution in [1.29, 1.82) is 0 Å². The second-order valence-electron chi connectivity index (χ2n) is 12.9. The molecule has 3 amide bonds. The summed E-state index contributed by atoms with van der Waals surface area (Å²) in [6.45, 7) is 8.67. The summed E-state index contributed by atoms with van der Waals surface area (Å²) >= 11 is 6.17. The van der Waals surface area contributed by atoms with Gasteiger partial charge < -0.3 is 25.3 Å². The average molecular weight is 623 g/mol. The first-order valence-electron chi connectivity index (χ1n) is 16.6. The van der Waals surface area contributed by atoms with Gasteiger partial charge in [0.15, 0.2) is 0 Å². The highest BCUT2D eigenvalue weighted by atomic mass is 35.5. The Bertz CT molecular complexity index is 981. The summed E-state index contributed by atoms with van der Waals surface area (Å²) in [7, 11) is 0. The van der Waals surface area contributed by atoms with Crippen LogP contribution >= 0.6 is 24.0 Å². The van der Waals surface area contributed by atoms with Crippen LogP contribution < -0.4 is 10.6 Å². The van der Waals surface area contributed by atoms with Gasteiger partial charge in [0.05, 0.1) is 6.04 Å². The van der Waals surface area contributed by atoms with Crippen molar-refractivity contribution in [3.05, 3.63) is 34.9 Å². The number of hydrogen-bond donors (Lipinski definition) is 2. The largest absolute Gasteiger partial charge is 0.335 e. The molecule has 5 rings (SSSR count). The van der Waals surface area contributed by atoms with E-state index in [0.29, 0.717) is 18.4 Å². The van der Waals surface area contributed by atoms with Gasteiger partial charge in [0.1, 0.15) is 0 Å². The Hall–Kier alpha value is -1.54. The molecule has 236 valence electrons. The average Bonchev–Trinajstić information content (AvgIpc) is 3.27. The van der Waals surface area contributed by atoms with Gasteiger partial charge in [-0.25, -0.2) is 4.79 Å². The zero-order valence-corrected chi connectivity index (χ0v) is 27.3. The lowest BCUT2D eigenvalue weighted by molar-refractivity contribution is -0.139. The van der Waals surface area contributed by atoms with Gasteiger partial charge in [-0.3, -0.25) is 4.79 Å². The fourth-order valence-corrected chi connectivity index (χ4v) is 8.17. The molecule has 3 saturated heterocycles. The first-order chi connectivity index (χ1) is 20.0. The zero-order valence-electron chi connectivity index (χ0n) is 25.7. The third kappa shape index (κ3) is 7.94. The lowest BCUT2D eigenvalue weighted by Gasteiger charge is -2.48. The van der Waals surface area contributed by atoms with Crippen molar-refractivity contribution in [3.8, 4) is 0 Å². The van der Waals surface area contributed by atoms with Crippen LogP contribution in [0.5, 0.6) is 0 Å². The Morgan fingerprint density at radius 2 is 1.55 bits per heavy atom. The van der Waals surface area contributed by atoms with Gasteiger partial charge in [-0.15, -0.1) is 12.4 Å². The normalized spacial score (nSPS) is 25.5. The predicted octanol–water partition coefficient (Wildman–Crippen LogP) is 5.88. The van der Waals surface area contributed by atoms with Crippen LogP contribution in [0.4, 0.5) is 4.79 Å². The zero-order chi connectivity index (χ0) is 28.8. The van der Waals surface area contributed by atoms with Crippen LogP contribution in [0.2, 0.25) is 5.02 Å². The number of carbonyl (C=O) groups excluding carboxylic acids is 2. The summed E-state index contributed by atoms with van der Waals surface area (Å²) in [5.74, 6) is 0.855. The number of benzene rings is 1. The van der Waals surface area contributed by atoms with Gasteiger partial charge in [0.2, 0.25) is 5.91 Å². The minimum absolute atomic E-state index is 0. The molecule has 2 bridgehead atoms. The molecule has 1 aromatic rings. The van der Waals surface area contributed by atoms with Crippen molar-refractivity contribution in [2.75, 3.05) is 32.7 Å². The first kappa shape index (κ1) is 33.4. The molecule has 4 aliphatic rings. The van der Waals surface area contributed by atoms with Crippen molar-refractivity contribution >= 4 is 35.9 Å². The molecule has 1 saturated carbocycles. The molecule has 42 heavy (non-hydrogen) atoms. The standard InChI is InChI=1S/C33H52ClN5O2.ClH/c1-3-37(4-2)33(41)39(27-8-6-5-7-9-27)30-21-28-14-15-29(22-30)38(28)32(40)31(20-24-10-12-26(34)13-11-24)36-23-25-16-18-35-19-17-25;/h10-13,25,27-31,35-36H,3-9,14-23H2,1-2H3;1H/t28?,29?,30?,31-;/m1./s1. The maximum atomic E-state index is 14.4. The molecule has 9 heteroatoms. The molecule has 2 unspecified atom stereocenters. The van der Waals surface area contributed by atoms with E-state index < -0.39 is 0 Å². The van der Waals surface area contributed by atoms with E-state index in [0.717, 1.165) is 94.7 Å². The van der Waals surface area contributed by atoms with E-state index in [2.05, 4.69) is 46.4 Å². The number of nitrogens with one attached hydrogen (secondary N) is 2. The number of hydrogen-bond acceptors (Lipinski definition) is 4. The van der Waals surface area contributed by atoms with Crippen LogP contribution in [0.25, 0.3) is 0 Å². The maximum absolute atomic E-state index is 14.4. The van der Waals surface area contributed by atoms with Crippen LogP contribution in [-0.2, 0) is 11.2 Å². The minimum atomic E-state index is -0.238. The highest BCUT2D eigenvalue weighted by Crippen LogP contribution is 2.40. The Morgan fingerprint density at radius 3 is 2.14 bits per heavy atom. The number of carbonyl (C=O) groups is 2. The number of urea groups is 1. The summed E-state index contributed by atoms with van der Waals surface area (Å²) in [6.07, 6.45) is 12.8. The van der Waals surface area contributed by atoms with Gasteiger partial charge >= 0.3 is 6.03 Å². The van der Waals surface area contributed by atoms with Gasteiger partial charge in [-0.05, 0) is 115 Å². The molecule has 7 nitrogen and oxygen atoms in total. The second kappa shape index (κ2) is 16.0. The molecule has 4 fully saturated rings. The molecule has 0 aromatic heterocycles. The summed E-state index contributed by atoms with van der Waals surface area (Å²) in [4.78, 5) is 34.8. The topological polar surface area (TPSA) is 67.9 Å². The molecule has 0 spiro atoms. The molecule has 0 radical (unpaired) electrons. The lowest BCUT2D eigenvalue weighted by Crippen LogP contribution is -2.61. The number of fused-ring (bicyclic) bond motifs is 2. The quantitative estimate of drug-likeness (QED) is 0.342. The second-order valence-corrected chi connectivity index (χ2v) is 13.3. The fourth-order valence-electron chi connectivity index (χ4n) is 8.04. The van der Waals surface area contributed by atoms with Crippen LogP contribution in [0.3, 0.4) is 0 Å². The van der Waals surface area contributed by atoms with Crippen LogP contribution in [-0.4, -0.2) is 89.6 Å². The Labute approximate surface area is 264 Å². The van der Waals surface area contributed by atoms with Gasteiger partial charge in [0, 0.05) is 42.3 Å². The maximum Gasteiger partial charge on any atom is 0.320 e. The van der Waals surface area contributed by atoms with Crippen molar-refractivity contribution < 1.29 is 9.59 Å². The summed E-state index contributed by atoms with van der Waals surface area (Å²) in [5, 5.41) is 7.91. The van der Waals surface area contributed by atoms with Crippen molar-refractivity contribution in [2.24, 2.45) is 5.92 Å². The molecule has 3 aliphatic heterocycles. The summed E-state index contributed by atoms with van der Waals surface area (Å²) < 4.78 is 0. The van der Waals surface area contributed by atoms with Crippen LogP contribution in [0.15, 0.2) is 24.3 Å². The van der Waals surface area contributed by atoms with Crippen LogP contribution in [0, 0.1) is 5.92 Å². The Kier molecular flexibility index (Phi) is 12.7. The van der Waals surface area contributed by atoms with Crippen molar-refractivity contribution in [2.45, 2.75) is 121 Å². The first-order valence-corrected chi connectivity index (χ1v) is 16.9. The number of amides is 3. The third-order valence-corrected chi connectivity index (χ3v) is 10.6. The minimum Gasteiger partial charge on any atom is -0.335 e. The molecule has 1 aromatic carbocycles. The lowest BCUT2D eigenvalue weighted by atomic mass is 9.89. The summed E-state index contributed by atoms with van der Waals surface area (Å²) in [5.41, 5.74) is 1.14. The van der Waals surface area contributed by atoms with Gasteiger partial charge in [-0.2, -0.15) is 0 Å². The van der Waals surface area contributed by atoms with Gasteiger partial charge in [0.25, 0.3) is 0 Å². The van der Waals surface area contributed by atoms with E-state index in [-0.39, 0.29) is 48.5 Å². The molecule has 1 aliphatic carbocycles. The van der Waals surface area contributed by atoms with Crippen LogP contribution in [0.1, 0.15) is 90.0 Å². The van der Waals surface area contributed by atoms with Gasteiger partial charge in [-0.1, -0.05) is 43.0 Å². The fraction of sp³-hybridized carbons (Fsp3) is 0.758. The third-order valence-electron chi connectivity index (χ3n) is 10.3. The summed E-state index contributed by atoms with van der Waals surface area (Å²) in [6, 6.07) is 8.93. The van der Waals surface area contributed by atoms with E-state index in [1.807, 2.05) is 17.0 Å². The molecular formula is C33H53Cl2N5O2. The SMILES string of the molecule is CCN(CC)C(=O)N(C1CCCCC1)C1CC2CCC(C1)N2C(=O)[C@@H](Cc1ccc(Cl)cc1)NCC1CCNCC1.Cl.